The second-order valence-electron chi connectivity index (χ2n) is 8.85. The van der Waals surface area contributed by atoms with Gasteiger partial charge in [-0.2, -0.15) is 0 Å². The van der Waals surface area contributed by atoms with E-state index in [0.29, 0.717) is 11.1 Å². The van der Waals surface area contributed by atoms with Crippen molar-refractivity contribution in [3.63, 3.8) is 0 Å². The number of aryl methyl sites for hydroxylation is 2. The number of halogens is 2. The first-order valence-corrected chi connectivity index (χ1v) is 14.4. The van der Waals surface area contributed by atoms with E-state index in [9.17, 15) is 4.79 Å². The van der Waals surface area contributed by atoms with Gasteiger partial charge in [-0.3, -0.25) is 4.79 Å². The van der Waals surface area contributed by atoms with Gasteiger partial charge >= 0.3 is 0 Å². The summed E-state index contributed by atoms with van der Waals surface area (Å²) in [7, 11) is 0. The summed E-state index contributed by atoms with van der Waals surface area (Å²) >= 11 is 6.05. The summed E-state index contributed by atoms with van der Waals surface area (Å²) in [6, 6.07) is 23.0. The van der Waals surface area contributed by atoms with E-state index in [1.165, 1.54) is 27.7 Å². The Bertz CT molecular complexity index is 1900. The number of ether oxygens (including phenoxy) is 1. The van der Waals surface area contributed by atoms with Crippen LogP contribution in [0.15, 0.2) is 71.5 Å². The molecule has 178 valence electrons. The summed E-state index contributed by atoms with van der Waals surface area (Å²) in [6.07, 6.45) is 1.95. The molecule has 4 aromatic carbocycles. The number of nitrogens with zero attached hydrogens (tertiary/aromatic N) is 2. The zero-order valence-corrected chi connectivity index (χ0v) is 24.6. The summed E-state index contributed by atoms with van der Waals surface area (Å²) < 4.78 is 10.7. The van der Waals surface area contributed by atoms with Gasteiger partial charge in [0.05, 0.1) is 22.7 Å². The Balaban J connectivity index is 1.32. The molecule has 6 aromatic rings. The fourth-order valence-electron chi connectivity index (χ4n) is 4.35. The zero-order valence-electron chi connectivity index (χ0n) is 19.5. The molecule has 4 nitrogen and oxygen atoms in total. The third-order valence-corrected chi connectivity index (χ3v) is 8.94. The Labute approximate surface area is 238 Å². The number of benzene rings is 4. The average Bonchev–Trinajstić information content (AvgIpc) is 3.34. The van der Waals surface area contributed by atoms with Crippen LogP contribution in [0.3, 0.4) is 0 Å². The fourth-order valence-corrected chi connectivity index (χ4v) is 7.47. The first-order valence-electron chi connectivity index (χ1n) is 11.4. The maximum atomic E-state index is 13.3. The van der Waals surface area contributed by atoms with Gasteiger partial charge < -0.3 is 4.74 Å². The molecule has 0 saturated heterocycles. The quantitative estimate of drug-likeness (QED) is 0.185. The molecule has 36 heavy (non-hydrogen) atoms. The van der Waals surface area contributed by atoms with Crippen molar-refractivity contribution in [2.45, 2.75) is 20.5 Å². The Morgan fingerprint density at radius 1 is 0.944 bits per heavy atom. The largest absolute Gasteiger partial charge is 0.487 e. The second kappa shape index (κ2) is 9.42. The highest BCUT2D eigenvalue weighted by atomic mass is 127. The first kappa shape index (κ1) is 23.9. The minimum absolute atomic E-state index is 0.0256. The molecule has 0 N–H and O–H groups in total. The van der Waals surface area contributed by atoms with E-state index in [-0.39, 0.29) is 5.56 Å². The van der Waals surface area contributed by atoms with Crippen LogP contribution in [0, 0.1) is 21.0 Å². The predicted molar refractivity (Wildman–Crippen MR) is 165 cm³/mol. The summed E-state index contributed by atoms with van der Waals surface area (Å²) in [6.45, 7) is 4.63. The summed E-state index contributed by atoms with van der Waals surface area (Å²) in [4.78, 5) is 18.7. The molecular formula is C29H20I2N2O2S. The number of rotatable bonds is 4. The highest BCUT2D eigenvalue weighted by molar-refractivity contribution is 14.1. The zero-order chi connectivity index (χ0) is 25.0. The number of hydrogen-bond donors (Lipinski definition) is 0. The Morgan fingerprint density at radius 3 is 2.44 bits per heavy atom. The van der Waals surface area contributed by atoms with E-state index in [1.54, 1.807) is 4.40 Å². The van der Waals surface area contributed by atoms with Gasteiger partial charge in [0, 0.05) is 0 Å². The molecule has 6 rings (SSSR count). The van der Waals surface area contributed by atoms with Crippen LogP contribution < -0.4 is 14.8 Å². The van der Waals surface area contributed by atoms with Crippen molar-refractivity contribution in [3.8, 4) is 5.75 Å². The molecule has 0 aliphatic rings. The minimum Gasteiger partial charge on any atom is -0.487 e. The lowest BCUT2D eigenvalue weighted by atomic mass is 10.1. The van der Waals surface area contributed by atoms with E-state index < -0.39 is 0 Å². The van der Waals surface area contributed by atoms with Crippen LogP contribution in [0.25, 0.3) is 32.8 Å². The van der Waals surface area contributed by atoms with Gasteiger partial charge in [-0.15, -0.1) is 0 Å². The van der Waals surface area contributed by atoms with Crippen molar-refractivity contribution < 1.29 is 4.74 Å². The van der Waals surface area contributed by atoms with Gasteiger partial charge in [-0.1, -0.05) is 47.7 Å². The number of fused-ring (bicyclic) bond motifs is 4. The fraction of sp³-hybridized carbons (Fsp3) is 0.103. The van der Waals surface area contributed by atoms with Gasteiger partial charge in [0.2, 0.25) is 0 Å². The van der Waals surface area contributed by atoms with E-state index in [1.807, 2.05) is 6.08 Å². The highest BCUT2D eigenvalue weighted by Crippen LogP contribution is 2.30. The number of aromatic nitrogens is 2. The molecule has 0 radical (unpaired) electrons. The molecule has 0 aliphatic heterocycles. The smallest absolute Gasteiger partial charge is 0.274 e. The predicted octanol–water partition coefficient (Wildman–Crippen LogP) is 7.02. The summed E-state index contributed by atoms with van der Waals surface area (Å²) in [5, 5.41) is 2.43. The lowest BCUT2D eigenvalue weighted by Gasteiger charge is -2.12. The molecule has 0 saturated carbocycles. The van der Waals surface area contributed by atoms with E-state index >= 15 is 0 Å². The van der Waals surface area contributed by atoms with Crippen molar-refractivity contribution >= 4 is 89.4 Å². The van der Waals surface area contributed by atoms with Gasteiger partial charge in [0.25, 0.3) is 5.56 Å². The lowest BCUT2D eigenvalue weighted by molar-refractivity contribution is 0.302. The van der Waals surface area contributed by atoms with Gasteiger partial charge in [-0.25, -0.2) is 9.38 Å². The maximum absolute atomic E-state index is 13.3. The summed E-state index contributed by atoms with van der Waals surface area (Å²) in [5.74, 6) is 0.863. The molecule has 2 heterocycles. The molecule has 0 fully saturated rings. The number of thiazole rings is 1. The van der Waals surface area contributed by atoms with Crippen molar-refractivity contribution in [1.29, 1.82) is 0 Å². The van der Waals surface area contributed by atoms with Gasteiger partial charge in [0.1, 0.15) is 12.4 Å². The van der Waals surface area contributed by atoms with E-state index in [2.05, 4.69) is 126 Å². The number of hydrogen-bond acceptors (Lipinski definition) is 4. The maximum Gasteiger partial charge on any atom is 0.274 e. The first-order chi connectivity index (χ1) is 17.4. The van der Waals surface area contributed by atoms with Gasteiger partial charge in [0.15, 0.2) is 4.96 Å². The van der Waals surface area contributed by atoms with Crippen LogP contribution in [-0.2, 0) is 6.61 Å². The normalized spacial score (nSPS) is 12.3. The van der Waals surface area contributed by atoms with Crippen LogP contribution >= 0.6 is 56.5 Å². The minimum atomic E-state index is -0.0256. The molecule has 0 spiro atoms. The van der Waals surface area contributed by atoms with E-state index in [0.717, 1.165) is 45.6 Å². The Morgan fingerprint density at radius 2 is 1.67 bits per heavy atom. The van der Waals surface area contributed by atoms with Crippen LogP contribution in [0.5, 0.6) is 5.75 Å². The van der Waals surface area contributed by atoms with Crippen LogP contribution in [0.2, 0.25) is 0 Å². The molecule has 7 heteroatoms. The van der Waals surface area contributed by atoms with Crippen molar-refractivity contribution in [2.24, 2.45) is 0 Å². The van der Waals surface area contributed by atoms with Crippen LogP contribution in [-0.4, -0.2) is 9.38 Å². The van der Waals surface area contributed by atoms with Crippen molar-refractivity contribution in [1.82, 2.24) is 9.38 Å². The average molecular weight is 714 g/mol. The molecule has 0 unspecified atom stereocenters. The Hall–Kier alpha value is -2.50. The molecule has 0 aliphatic carbocycles. The van der Waals surface area contributed by atoms with Crippen LogP contribution in [0.1, 0.15) is 22.3 Å². The molecule has 0 atom stereocenters. The molecule has 2 aromatic heterocycles. The highest BCUT2D eigenvalue weighted by Gasteiger charge is 2.14. The number of imidazole rings is 1. The molecular weight excluding hydrogens is 694 g/mol. The lowest BCUT2D eigenvalue weighted by Crippen LogP contribution is -2.22. The van der Waals surface area contributed by atoms with E-state index in [4.69, 9.17) is 9.72 Å². The topological polar surface area (TPSA) is 43.6 Å². The SMILES string of the molecule is Cc1cc2nc3s/c(=C\c4cc(I)c(OCc5ccc6ccccc6c5)c(I)c4)c(=O)n3c2cc1C. The molecule has 0 amide bonds. The third kappa shape index (κ3) is 4.31. The van der Waals surface area contributed by atoms with Crippen molar-refractivity contribution in [3.05, 3.63) is 111 Å². The van der Waals surface area contributed by atoms with Gasteiger partial charge in [-0.05, 0) is 128 Å². The van der Waals surface area contributed by atoms with Crippen LogP contribution in [0.4, 0.5) is 0 Å². The summed E-state index contributed by atoms with van der Waals surface area (Å²) in [5.41, 5.74) is 6.15. The second-order valence-corrected chi connectivity index (χ2v) is 12.2. The monoisotopic (exact) mass is 714 g/mol. The third-order valence-electron chi connectivity index (χ3n) is 6.37. The standard InChI is InChI=1S/C29H20I2N2O2S/c1-16-9-24-25(10-17(16)2)33-28(34)26(36-29(33)32-24)14-19-12-22(30)27(23(31)13-19)35-15-18-7-8-20-5-3-4-6-21(20)11-18/h3-14H,15H2,1-2H3/b26-14-. The molecule has 0 bridgehead atoms. The Kier molecular flexibility index (Phi) is 6.25. The van der Waals surface area contributed by atoms with Crippen molar-refractivity contribution in [2.75, 3.05) is 0 Å².